The fraction of sp³-hybridized carbons (Fsp3) is 0.533. The molecule has 19 heavy (non-hydrogen) atoms. The Bertz CT molecular complexity index is 475. The predicted octanol–water partition coefficient (Wildman–Crippen LogP) is 3.85. The number of carbonyl (C=O) groups excluding carboxylic acids is 1. The minimum absolute atomic E-state index is 0.0167. The Morgan fingerprint density at radius 3 is 2.58 bits per heavy atom. The van der Waals surface area contributed by atoms with E-state index < -0.39 is 0 Å². The van der Waals surface area contributed by atoms with Crippen molar-refractivity contribution in [1.82, 2.24) is 5.32 Å². The zero-order valence-electron chi connectivity index (χ0n) is 11.4. The van der Waals surface area contributed by atoms with E-state index in [0.717, 1.165) is 30.2 Å². The largest absolute Gasteiger partial charge is 0.507 e. The van der Waals surface area contributed by atoms with Crippen molar-refractivity contribution in [2.24, 2.45) is 5.41 Å². The van der Waals surface area contributed by atoms with E-state index in [2.05, 4.69) is 35.1 Å². The second-order valence-corrected chi connectivity index (χ2v) is 6.99. The molecule has 1 aromatic rings. The van der Waals surface area contributed by atoms with Crippen LogP contribution in [0.4, 0.5) is 0 Å². The number of nitrogens with one attached hydrogen (secondary N) is 1. The lowest BCUT2D eigenvalue weighted by atomic mass is 9.75. The molecule has 0 radical (unpaired) electrons. The normalized spacial score (nSPS) is 19.1. The highest BCUT2D eigenvalue weighted by Crippen LogP contribution is 2.35. The van der Waals surface area contributed by atoms with Gasteiger partial charge in [-0.1, -0.05) is 29.8 Å². The first-order valence-corrected chi connectivity index (χ1v) is 7.46. The molecule has 3 nitrogen and oxygen atoms in total. The monoisotopic (exact) mass is 325 g/mol. The van der Waals surface area contributed by atoms with Crippen molar-refractivity contribution in [3.63, 3.8) is 0 Å². The fourth-order valence-electron chi connectivity index (χ4n) is 2.50. The van der Waals surface area contributed by atoms with E-state index >= 15 is 0 Å². The molecule has 104 valence electrons. The van der Waals surface area contributed by atoms with Crippen molar-refractivity contribution in [3.8, 4) is 5.75 Å². The molecule has 0 heterocycles. The Hall–Kier alpha value is -1.03. The quantitative estimate of drug-likeness (QED) is 0.867. The van der Waals surface area contributed by atoms with Gasteiger partial charge in [-0.2, -0.15) is 0 Å². The molecular formula is C15H20BrNO2. The van der Waals surface area contributed by atoms with Crippen LogP contribution in [0.5, 0.6) is 5.75 Å². The first-order chi connectivity index (χ1) is 8.87. The third-order valence-electron chi connectivity index (χ3n) is 3.88. The van der Waals surface area contributed by atoms with Gasteiger partial charge in [0, 0.05) is 10.5 Å². The molecule has 2 N–H and O–H groups in total. The van der Waals surface area contributed by atoms with Crippen molar-refractivity contribution >= 4 is 21.8 Å². The molecule has 0 saturated heterocycles. The van der Waals surface area contributed by atoms with Crippen molar-refractivity contribution < 1.29 is 9.90 Å². The lowest BCUT2D eigenvalue weighted by molar-refractivity contribution is 0.0906. The van der Waals surface area contributed by atoms with E-state index in [1.807, 2.05) is 0 Å². The molecule has 1 fully saturated rings. The fourth-order valence-corrected chi connectivity index (χ4v) is 2.85. The third-order valence-corrected chi connectivity index (χ3v) is 4.37. The zero-order valence-corrected chi connectivity index (χ0v) is 13.0. The molecule has 2 rings (SSSR count). The van der Waals surface area contributed by atoms with Crippen molar-refractivity contribution in [3.05, 3.63) is 28.2 Å². The van der Waals surface area contributed by atoms with Gasteiger partial charge in [0.25, 0.3) is 5.91 Å². The van der Waals surface area contributed by atoms with Crippen LogP contribution in [-0.4, -0.2) is 17.1 Å². The van der Waals surface area contributed by atoms with Gasteiger partial charge in [-0.25, -0.2) is 0 Å². The van der Waals surface area contributed by atoms with E-state index in [4.69, 9.17) is 0 Å². The highest BCUT2D eigenvalue weighted by molar-refractivity contribution is 9.10. The molecule has 0 bridgehead atoms. The highest BCUT2D eigenvalue weighted by atomic mass is 79.9. The Labute approximate surface area is 122 Å². The summed E-state index contributed by atoms with van der Waals surface area (Å²) in [5, 5.41) is 12.8. The van der Waals surface area contributed by atoms with Gasteiger partial charge in [-0.05, 0) is 49.3 Å². The highest BCUT2D eigenvalue weighted by Gasteiger charge is 2.28. The maximum atomic E-state index is 12.1. The molecule has 0 aliphatic heterocycles. The van der Waals surface area contributed by atoms with Gasteiger partial charge >= 0.3 is 0 Å². The summed E-state index contributed by atoms with van der Waals surface area (Å²) in [6.45, 7) is 4.54. The van der Waals surface area contributed by atoms with E-state index in [0.29, 0.717) is 11.0 Å². The van der Waals surface area contributed by atoms with Crippen LogP contribution >= 0.6 is 15.9 Å². The number of halogens is 1. The summed E-state index contributed by atoms with van der Waals surface area (Å²) in [5.41, 5.74) is 0.731. The maximum Gasteiger partial charge on any atom is 0.255 e. The number of amides is 1. The van der Waals surface area contributed by atoms with Crippen LogP contribution in [-0.2, 0) is 0 Å². The van der Waals surface area contributed by atoms with Gasteiger partial charge in [-0.3, -0.25) is 4.79 Å². The summed E-state index contributed by atoms with van der Waals surface area (Å²) in [5.74, 6) is -0.169. The minimum Gasteiger partial charge on any atom is -0.507 e. The Morgan fingerprint density at radius 2 is 2.00 bits per heavy atom. The van der Waals surface area contributed by atoms with Gasteiger partial charge in [0.15, 0.2) is 0 Å². The summed E-state index contributed by atoms with van der Waals surface area (Å²) in [7, 11) is 0. The van der Waals surface area contributed by atoms with Crippen LogP contribution in [0, 0.1) is 5.41 Å². The summed E-state index contributed by atoms with van der Waals surface area (Å²) in [6, 6.07) is 5.17. The number of phenolic OH excluding ortho intramolecular Hbond substituents is 1. The second kappa shape index (κ2) is 5.53. The first-order valence-electron chi connectivity index (χ1n) is 6.67. The van der Waals surface area contributed by atoms with E-state index in [9.17, 15) is 9.90 Å². The number of phenols is 1. The number of carbonyl (C=O) groups is 1. The molecule has 0 spiro atoms. The molecule has 1 saturated carbocycles. The lowest BCUT2D eigenvalue weighted by Crippen LogP contribution is -2.39. The van der Waals surface area contributed by atoms with Crippen LogP contribution in [0.25, 0.3) is 0 Å². The molecule has 1 aliphatic carbocycles. The third kappa shape index (κ3) is 3.72. The number of aromatic hydroxyl groups is 1. The average Bonchev–Trinajstić information content (AvgIpc) is 2.31. The van der Waals surface area contributed by atoms with Crippen LogP contribution < -0.4 is 5.32 Å². The van der Waals surface area contributed by atoms with Gasteiger partial charge < -0.3 is 10.4 Å². The predicted molar refractivity (Wildman–Crippen MR) is 79.3 cm³/mol. The maximum absolute atomic E-state index is 12.1. The van der Waals surface area contributed by atoms with Gasteiger partial charge in [0.2, 0.25) is 0 Å². The Kier molecular flexibility index (Phi) is 4.19. The molecular weight excluding hydrogens is 306 g/mol. The Morgan fingerprint density at radius 1 is 1.37 bits per heavy atom. The molecule has 0 unspecified atom stereocenters. The van der Waals surface area contributed by atoms with E-state index in [-0.39, 0.29) is 17.7 Å². The summed E-state index contributed by atoms with van der Waals surface area (Å²) in [6.07, 6.45) is 4.28. The lowest BCUT2D eigenvalue weighted by Gasteiger charge is -2.34. The average molecular weight is 326 g/mol. The number of rotatable bonds is 2. The number of benzene rings is 1. The van der Waals surface area contributed by atoms with E-state index in [1.54, 1.807) is 18.2 Å². The van der Waals surface area contributed by atoms with Gasteiger partial charge in [0.05, 0.1) is 5.56 Å². The molecule has 1 aromatic carbocycles. The number of hydrogen-bond donors (Lipinski definition) is 2. The Balaban J connectivity index is 1.98. The smallest absolute Gasteiger partial charge is 0.255 e. The molecule has 0 atom stereocenters. The van der Waals surface area contributed by atoms with E-state index in [1.165, 1.54) is 0 Å². The molecule has 0 aromatic heterocycles. The minimum atomic E-state index is -0.185. The number of hydrogen-bond acceptors (Lipinski definition) is 2. The summed E-state index contributed by atoms with van der Waals surface area (Å²) >= 11 is 3.26. The van der Waals surface area contributed by atoms with Crippen LogP contribution in [0.1, 0.15) is 49.9 Å². The first kappa shape index (κ1) is 14.4. The van der Waals surface area contributed by atoms with Crippen molar-refractivity contribution in [2.75, 3.05) is 0 Å². The van der Waals surface area contributed by atoms with Crippen LogP contribution in [0.3, 0.4) is 0 Å². The van der Waals surface area contributed by atoms with Crippen LogP contribution in [0.15, 0.2) is 22.7 Å². The molecule has 4 heteroatoms. The molecule has 1 amide bonds. The SMILES string of the molecule is CC1(C)CCC(NC(=O)c2ccc(Br)cc2O)CC1. The van der Waals surface area contributed by atoms with Crippen molar-refractivity contribution in [1.29, 1.82) is 0 Å². The summed E-state index contributed by atoms with van der Waals surface area (Å²) in [4.78, 5) is 12.1. The van der Waals surface area contributed by atoms with Crippen LogP contribution in [0.2, 0.25) is 0 Å². The van der Waals surface area contributed by atoms with Gasteiger partial charge in [0.1, 0.15) is 5.75 Å². The molecule has 1 aliphatic rings. The van der Waals surface area contributed by atoms with Gasteiger partial charge in [-0.15, -0.1) is 0 Å². The second-order valence-electron chi connectivity index (χ2n) is 6.07. The van der Waals surface area contributed by atoms with Crippen molar-refractivity contribution in [2.45, 2.75) is 45.6 Å². The topological polar surface area (TPSA) is 49.3 Å². The standard InChI is InChI=1S/C15H20BrNO2/c1-15(2)7-5-11(6-8-15)17-14(19)12-4-3-10(16)9-13(12)18/h3-4,9,11,18H,5-8H2,1-2H3,(H,17,19). The summed E-state index contributed by atoms with van der Waals surface area (Å²) < 4.78 is 0.765. The zero-order chi connectivity index (χ0) is 14.0.